The Morgan fingerprint density at radius 1 is 1.38 bits per heavy atom. The number of fused-ring (bicyclic) bond motifs is 1. The maximum Gasteiger partial charge on any atom is 0.325 e. The Morgan fingerprint density at radius 2 is 2.17 bits per heavy atom. The molecule has 126 valence electrons. The number of likely N-dealkylation sites (tertiary alicyclic amines) is 1. The highest BCUT2D eigenvalue weighted by molar-refractivity contribution is 5.92. The Balaban J connectivity index is 1.75. The fourth-order valence-electron chi connectivity index (χ4n) is 2.99. The van der Waals surface area contributed by atoms with E-state index in [1.54, 1.807) is 0 Å². The second-order valence-electron chi connectivity index (χ2n) is 6.31. The maximum atomic E-state index is 11.2. The third kappa shape index (κ3) is 3.37. The number of carboxylic acids is 1. The molecule has 24 heavy (non-hydrogen) atoms. The van der Waals surface area contributed by atoms with Crippen molar-refractivity contribution in [3.63, 3.8) is 0 Å². The molecule has 0 spiro atoms. The van der Waals surface area contributed by atoms with E-state index in [0.29, 0.717) is 26.1 Å². The standard InChI is InChI=1S/C17H20N4O3/c1-11(22)19-13-4-5-15-12(8-13)2-3-14(20-15)9-21-7-6-17(18,10-21)16(23)24/h2-5,8H,6-7,9-10,18H2,1H3,(H,19,22)(H,23,24)/t17-/m1/s1. The molecule has 2 heterocycles. The Bertz CT molecular complexity index is 808. The number of benzene rings is 1. The second-order valence-corrected chi connectivity index (χ2v) is 6.31. The van der Waals surface area contributed by atoms with Gasteiger partial charge in [-0.05, 0) is 30.7 Å². The van der Waals surface area contributed by atoms with Gasteiger partial charge in [0.1, 0.15) is 5.54 Å². The Hall–Kier alpha value is -2.51. The lowest BCUT2D eigenvalue weighted by molar-refractivity contribution is -0.142. The van der Waals surface area contributed by atoms with Crippen LogP contribution >= 0.6 is 0 Å². The van der Waals surface area contributed by atoms with E-state index in [-0.39, 0.29) is 5.91 Å². The fourth-order valence-corrected chi connectivity index (χ4v) is 2.99. The number of nitrogens with two attached hydrogens (primary N) is 1. The van der Waals surface area contributed by atoms with E-state index >= 15 is 0 Å². The van der Waals surface area contributed by atoms with Crippen molar-refractivity contribution in [3.8, 4) is 0 Å². The number of hydrogen-bond acceptors (Lipinski definition) is 5. The number of aliphatic carboxylic acids is 1. The van der Waals surface area contributed by atoms with Gasteiger partial charge in [-0.2, -0.15) is 0 Å². The molecule has 1 aliphatic heterocycles. The summed E-state index contributed by atoms with van der Waals surface area (Å²) < 4.78 is 0. The zero-order valence-electron chi connectivity index (χ0n) is 13.5. The molecular formula is C17H20N4O3. The van der Waals surface area contributed by atoms with E-state index < -0.39 is 11.5 Å². The van der Waals surface area contributed by atoms with Crippen molar-refractivity contribution in [1.82, 2.24) is 9.88 Å². The molecule has 1 amide bonds. The highest BCUT2D eigenvalue weighted by Crippen LogP contribution is 2.22. The summed E-state index contributed by atoms with van der Waals surface area (Å²) in [7, 11) is 0. The second kappa shape index (κ2) is 6.18. The molecule has 0 saturated carbocycles. The lowest BCUT2D eigenvalue weighted by Gasteiger charge is -2.19. The van der Waals surface area contributed by atoms with E-state index in [9.17, 15) is 14.7 Å². The monoisotopic (exact) mass is 328 g/mol. The van der Waals surface area contributed by atoms with Crippen molar-refractivity contribution in [1.29, 1.82) is 0 Å². The van der Waals surface area contributed by atoms with E-state index in [1.165, 1.54) is 6.92 Å². The van der Waals surface area contributed by atoms with Crippen LogP contribution in [0.1, 0.15) is 19.0 Å². The first-order chi connectivity index (χ1) is 11.4. The number of aromatic nitrogens is 1. The number of carbonyl (C=O) groups excluding carboxylic acids is 1. The average Bonchev–Trinajstić information content (AvgIpc) is 2.89. The van der Waals surface area contributed by atoms with Crippen LogP contribution in [0.5, 0.6) is 0 Å². The Morgan fingerprint density at radius 3 is 2.83 bits per heavy atom. The zero-order valence-corrected chi connectivity index (χ0v) is 13.5. The molecule has 4 N–H and O–H groups in total. The third-order valence-corrected chi connectivity index (χ3v) is 4.26. The maximum absolute atomic E-state index is 11.2. The van der Waals surface area contributed by atoms with Crippen LogP contribution in [0.25, 0.3) is 10.9 Å². The molecule has 0 bridgehead atoms. The van der Waals surface area contributed by atoms with Crippen LogP contribution in [0.3, 0.4) is 0 Å². The largest absolute Gasteiger partial charge is 0.480 e. The molecule has 0 aliphatic carbocycles. The Labute approximate surface area is 139 Å². The van der Waals surface area contributed by atoms with Gasteiger partial charge in [0.2, 0.25) is 5.91 Å². The van der Waals surface area contributed by atoms with Crippen LogP contribution in [-0.4, -0.2) is 45.5 Å². The Kier molecular flexibility index (Phi) is 4.21. The molecule has 2 aromatic rings. The van der Waals surface area contributed by atoms with Crippen LogP contribution in [0.4, 0.5) is 5.69 Å². The van der Waals surface area contributed by atoms with Crippen LogP contribution in [0, 0.1) is 0 Å². The molecule has 1 aromatic heterocycles. The van der Waals surface area contributed by atoms with Crippen LogP contribution < -0.4 is 11.1 Å². The molecule has 1 saturated heterocycles. The van der Waals surface area contributed by atoms with Gasteiger partial charge in [-0.3, -0.25) is 19.5 Å². The lowest BCUT2D eigenvalue weighted by atomic mass is 10.0. The van der Waals surface area contributed by atoms with Gasteiger partial charge in [0.15, 0.2) is 0 Å². The number of rotatable bonds is 4. The smallest absolute Gasteiger partial charge is 0.325 e. The van der Waals surface area contributed by atoms with Crippen molar-refractivity contribution in [3.05, 3.63) is 36.0 Å². The minimum absolute atomic E-state index is 0.114. The molecule has 0 radical (unpaired) electrons. The van der Waals surface area contributed by atoms with Crippen LogP contribution in [0.2, 0.25) is 0 Å². The minimum atomic E-state index is -1.16. The number of nitrogens with zero attached hydrogens (tertiary/aromatic N) is 2. The summed E-state index contributed by atoms with van der Waals surface area (Å²) in [6.07, 6.45) is 0.440. The van der Waals surface area contributed by atoms with Crippen LogP contribution in [0.15, 0.2) is 30.3 Å². The molecule has 3 rings (SSSR count). The predicted molar refractivity (Wildman–Crippen MR) is 90.5 cm³/mol. The van der Waals surface area contributed by atoms with E-state index in [4.69, 9.17) is 5.73 Å². The summed E-state index contributed by atoms with van der Waals surface area (Å²) in [4.78, 5) is 28.9. The van der Waals surface area contributed by atoms with Crippen molar-refractivity contribution >= 4 is 28.5 Å². The van der Waals surface area contributed by atoms with Gasteiger partial charge in [-0.1, -0.05) is 6.07 Å². The summed E-state index contributed by atoms with van der Waals surface area (Å²) in [6, 6.07) is 9.41. The lowest BCUT2D eigenvalue weighted by Crippen LogP contribution is -2.50. The molecule has 0 unspecified atom stereocenters. The number of anilines is 1. The molecule has 1 fully saturated rings. The minimum Gasteiger partial charge on any atom is -0.480 e. The number of amides is 1. The first-order valence-corrected chi connectivity index (χ1v) is 7.78. The normalized spacial score (nSPS) is 21.1. The van der Waals surface area contributed by atoms with E-state index in [2.05, 4.69) is 10.3 Å². The van der Waals surface area contributed by atoms with Gasteiger partial charge in [-0.25, -0.2) is 0 Å². The zero-order chi connectivity index (χ0) is 17.3. The number of nitrogens with one attached hydrogen (secondary N) is 1. The number of hydrogen-bond donors (Lipinski definition) is 3. The number of carbonyl (C=O) groups is 2. The first kappa shape index (κ1) is 16.4. The molecule has 1 atom stereocenters. The number of pyridine rings is 1. The van der Waals surface area contributed by atoms with Gasteiger partial charge in [0.25, 0.3) is 0 Å². The van der Waals surface area contributed by atoms with Crippen molar-refractivity contribution in [2.24, 2.45) is 5.73 Å². The average molecular weight is 328 g/mol. The van der Waals surface area contributed by atoms with Gasteiger partial charge >= 0.3 is 5.97 Å². The molecule has 7 nitrogen and oxygen atoms in total. The highest BCUT2D eigenvalue weighted by atomic mass is 16.4. The fraction of sp³-hybridized carbons (Fsp3) is 0.353. The molecule has 7 heteroatoms. The van der Waals surface area contributed by atoms with Crippen LogP contribution in [-0.2, 0) is 16.1 Å². The SMILES string of the molecule is CC(=O)Nc1ccc2nc(CN3CC[C@](N)(C(=O)O)C3)ccc2c1. The van der Waals surface area contributed by atoms with Gasteiger partial charge in [0.05, 0.1) is 11.2 Å². The molecular weight excluding hydrogens is 308 g/mol. The summed E-state index contributed by atoms with van der Waals surface area (Å²) >= 11 is 0. The van der Waals surface area contributed by atoms with E-state index in [0.717, 1.165) is 22.3 Å². The number of carboxylic acid groups (broad SMARTS) is 1. The predicted octanol–water partition coefficient (Wildman–Crippen LogP) is 1.18. The van der Waals surface area contributed by atoms with Gasteiger partial charge in [-0.15, -0.1) is 0 Å². The summed E-state index contributed by atoms with van der Waals surface area (Å²) in [5.41, 5.74) is 7.17. The van der Waals surface area contributed by atoms with Gasteiger partial charge < -0.3 is 16.2 Å². The summed E-state index contributed by atoms with van der Waals surface area (Å²) in [5, 5.41) is 12.9. The van der Waals surface area contributed by atoms with Crippen molar-refractivity contribution in [2.45, 2.75) is 25.4 Å². The third-order valence-electron chi connectivity index (χ3n) is 4.26. The summed E-state index contributed by atoms with van der Waals surface area (Å²) in [5.74, 6) is -1.07. The van der Waals surface area contributed by atoms with E-state index in [1.807, 2.05) is 35.2 Å². The molecule has 1 aliphatic rings. The topological polar surface area (TPSA) is 109 Å². The first-order valence-electron chi connectivity index (χ1n) is 7.78. The van der Waals surface area contributed by atoms with Crippen molar-refractivity contribution in [2.75, 3.05) is 18.4 Å². The summed E-state index contributed by atoms with van der Waals surface area (Å²) in [6.45, 7) is 3.00. The quantitative estimate of drug-likeness (QED) is 0.778. The highest BCUT2D eigenvalue weighted by Gasteiger charge is 2.41. The van der Waals surface area contributed by atoms with Crippen molar-refractivity contribution < 1.29 is 14.7 Å². The van der Waals surface area contributed by atoms with Gasteiger partial charge in [0, 0.05) is 37.6 Å². The molecule has 1 aromatic carbocycles.